The third-order valence-electron chi connectivity index (χ3n) is 2.94. The highest BCUT2D eigenvalue weighted by Crippen LogP contribution is 2.22. The summed E-state index contributed by atoms with van der Waals surface area (Å²) in [7, 11) is 1.96. The molecule has 0 aliphatic heterocycles. The second-order valence-corrected chi connectivity index (χ2v) is 4.84. The number of terminal acetylenes is 1. The Morgan fingerprint density at radius 3 is 2.38 bits per heavy atom. The molecule has 0 aromatic carbocycles. The summed E-state index contributed by atoms with van der Waals surface area (Å²) in [5, 5.41) is 7.84. The molecule has 0 spiro atoms. The molecule has 3 heteroatoms. The number of hydrogen-bond acceptors (Lipinski definition) is 2. The number of nitrogens with zero attached hydrogens (tertiary/aromatic N) is 2. The van der Waals surface area contributed by atoms with Gasteiger partial charge in [-0.25, -0.2) is 0 Å². The van der Waals surface area contributed by atoms with E-state index in [1.165, 1.54) is 11.3 Å². The molecule has 1 aromatic rings. The van der Waals surface area contributed by atoms with Crippen molar-refractivity contribution in [3.63, 3.8) is 0 Å². The van der Waals surface area contributed by atoms with Crippen LogP contribution >= 0.6 is 0 Å². The van der Waals surface area contributed by atoms with Crippen LogP contribution in [0, 0.1) is 26.2 Å². The molecule has 1 N–H and O–H groups in total. The van der Waals surface area contributed by atoms with Crippen LogP contribution in [-0.4, -0.2) is 15.3 Å². The lowest BCUT2D eigenvalue weighted by Gasteiger charge is -2.25. The van der Waals surface area contributed by atoms with Crippen LogP contribution in [0.5, 0.6) is 0 Å². The lowest BCUT2D eigenvalue weighted by Crippen LogP contribution is -2.39. The molecule has 0 amide bonds. The topological polar surface area (TPSA) is 29.9 Å². The maximum absolute atomic E-state index is 5.48. The quantitative estimate of drug-likeness (QED) is 0.789. The molecular formula is C13H21N3. The van der Waals surface area contributed by atoms with Gasteiger partial charge in [-0.1, -0.05) is 5.92 Å². The number of nitrogens with one attached hydrogen (secondary N) is 1. The summed E-state index contributed by atoms with van der Waals surface area (Å²) in [4.78, 5) is 0. The Balaban J connectivity index is 2.98. The van der Waals surface area contributed by atoms with Crippen molar-refractivity contribution in [2.75, 3.05) is 0 Å². The Morgan fingerprint density at radius 1 is 1.44 bits per heavy atom. The molecule has 1 atom stereocenters. The van der Waals surface area contributed by atoms with Crippen LogP contribution in [0.3, 0.4) is 0 Å². The summed E-state index contributed by atoms with van der Waals surface area (Å²) >= 11 is 0. The molecule has 0 saturated carbocycles. The molecule has 0 saturated heterocycles. The highest BCUT2D eigenvalue weighted by molar-refractivity contribution is 5.28. The SMILES string of the molecule is C#CC(C)(C)NC(C)c1c(C)nn(C)c1C. The van der Waals surface area contributed by atoms with E-state index in [1.54, 1.807) is 0 Å². The molecule has 1 rings (SSSR count). The van der Waals surface area contributed by atoms with E-state index in [0.717, 1.165) is 5.69 Å². The van der Waals surface area contributed by atoms with Crippen LogP contribution in [0.25, 0.3) is 0 Å². The van der Waals surface area contributed by atoms with Gasteiger partial charge in [0.2, 0.25) is 0 Å². The van der Waals surface area contributed by atoms with Crippen LogP contribution in [0.4, 0.5) is 0 Å². The van der Waals surface area contributed by atoms with Gasteiger partial charge in [-0.3, -0.25) is 10.00 Å². The zero-order valence-corrected chi connectivity index (χ0v) is 11.0. The van der Waals surface area contributed by atoms with Gasteiger partial charge in [0.25, 0.3) is 0 Å². The van der Waals surface area contributed by atoms with Gasteiger partial charge in [-0.15, -0.1) is 6.42 Å². The molecule has 0 bridgehead atoms. The van der Waals surface area contributed by atoms with E-state index in [-0.39, 0.29) is 11.6 Å². The molecule has 88 valence electrons. The molecule has 16 heavy (non-hydrogen) atoms. The smallest absolute Gasteiger partial charge is 0.0745 e. The maximum atomic E-state index is 5.48. The molecular weight excluding hydrogens is 198 g/mol. The molecule has 0 radical (unpaired) electrons. The van der Waals surface area contributed by atoms with Gasteiger partial charge < -0.3 is 0 Å². The molecule has 1 aromatic heterocycles. The summed E-state index contributed by atoms with van der Waals surface area (Å²) in [6.07, 6.45) is 5.48. The molecule has 0 fully saturated rings. The van der Waals surface area contributed by atoms with E-state index >= 15 is 0 Å². The first-order valence-electron chi connectivity index (χ1n) is 5.54. The van der Waals surface area contributed by atoms with E-state index in [2.05, 4.69) is 30.2 Å². The maximum Gasteiger partial charge on any atom is 0.0745 e. The minimum Gasteiger partial charge on any atom is -0.295 e. The van der Waals surface area contributed by atoms with Gasteiger partial charge in [0.1, 0.15) is 0 Å². The van der Waals surface area contributed by atoms with Crippen LogP contribution in [-0.2, 0) is 7.05 Å². The fourth-order valence-electron chi connectivity index (χ4n) is 2.07. The summed E-state index contributed by atoms with van der Waals surface area (Å²) < 4.78 is 1.91. The van der Waals surface area contributed by atoms with Crippen molar-refractivity contribution in [2.24, 2.45) is 7.05 Å². The first-order chi connectivity index (χ1) is 7.28. The summed E-state index contributed by atoms with van der Waals surface area (Å²) in [6.45, 7) is 10.2. The van der Waals surface area contributed by atoms with E-state index in [1.807, 2.05) is 32.5 Å². The predicted molar refractivity (Wildman–Crippen MR) is 67.1 cm³/mol. The molecule has 0 aliphatic rings. The standard InChI is InChI=1S/C13H21N3/c1-8-13(5,6)14-9(2)12-10(3)15-16(7)11(12)4/h1,9,14H,2-7H3. The van der Waals surface area contributed by atoms with Crippen molar-refractivity contribution in [2.45, 2.75) is 46.2 Å². The summed E-state index contributed by atoms with van der Waals surface area (Å²) in [6, 6.07) is 0.208. The van der Waals surface area contributed by atoms with Crippen molar-refractivity contribution >= 4 is 0 Å². The number of rotatable bonds is 3. The average Bonchev–Trinajstić information content (AvgIpc) is 2.40. The second kappa shape index (κ2) is 4.31. The van der Waals surface area contributed by atoms with Gasteiger partial charge in [-0.05, 0) is 34.6 Å². The first kappa shape index (κ1) is 12.8. The van der Waals surface area contributed by atoms with Gasteiger partial charge in [0.15, 0.2) is 0 Å². The summed E-state index contributed by atoms with van der Waals surface area (Å²) in [5.74, 6) is 2.75. The largest absolute Gasteiger partial charge is 0.295 e. The third kappa shape index (κ3) is 2.45. The van der Waals surface area contributed by atoms with E-state index < -0.39 is 0 Å². The minimum atomic E-state index is -0.297. The highest BCUT2D eigenvalue weighted by atomic mass is 15.3. The third-order valence-corrected chi connectivity index (χ3v) is 2.94. The average molecular weight is 219 g/mol. The summed E-state index contributed by atoms with van der Waals surface area (Å²) in [5.41, 5.74) is 3.19. The van der Waals surface area contributed by atoms with E-state index in [4.69, 9.17) is 6.42 Å². The number of hydrogen-bond donors (Lipinski definition) is 1. The highest BCUT2D eigenvalue weighted by Gasteiger charge is 2.22. The van der Waals surface area contributed by atoms with Gasteiger partial charge >= 0.3 is 0 Å². The van der Waals surface area contributed by atoms with Crippen molar-refractivity contribution in [3.8, 4) is 12.3 Å². The first-order valence-corrected chi connectivity index (χ1v) is 5.54. The Bertz CT molecular complexity index is 421. The zero-order valence-electron chi connectivity index (χ0n) is 11.0. The van der Waals surface area contributed by atoms with Crippen LogP contribution in [0.2, 0.25) is 0 Å². The van der Waals surface area contributed by atoms with Crippen LogP contribution < -0.4 is 5.32 Å². The normalized spacial score (nSPS) is 13.6. The lowest BCUT2D eigenvalue weighted by molar-refractivity contribution is 0.429. The predicted octanol–water partition coefficient (Wildman–Crippen LogP) is 2.10. The Kier molecular flexibility index (Phi) is 3.44. The van der Waals surface area contributed by atoms with Gasteiger partial charge in [0.05, 0.1) is 11.2 Å². The van der Waals surface area contributed by atoms with Crippen molar-refractivity contribution in [1.29, 1.82) is 0 Å². The van der Waals surface area contributed by atoms with E-state index in [9.17, 15) is 0 Å². The fourth-order valence-corrected chi connectivity index (χ4v) is 2.07. The monoisotopic (exact) mass is 219 g/mol. The van der Waals surface area contributed by atoms with E-state index in [0.29, 0.717) is 0 Å². The molecule has 1 unspecified atom stereocenters. The second-order valence-electron chi connectivity index (χ2n) is 4.84. The Morgan fingerprint density at radius 2 is 2.00 bits per heavy atom. The lowest BCUT2D eigenvalue weighted by atomic mass is 10.0. The minimum absolute atomic E-state index is 0.208. The van der Waals surface area contributed by atoms with Crippen molar-refractivity contribution in [3.05, 3.63) is 17.0 Å². The number of aryl methyl sites for hydroxylation is 2. The molecule has 3 nitrogen and oxygen atoms in total. The van der Waals surface area contributed by atoms with Gasteiger partial charge in [0, 0.05) is 24.3 Å². The fraction of sp³-hybridized carbons (Fsp3) is 0.615. The van der Waals surface area contributed by atoms with Crippen molar-refractivity contribution in [1.82, 2.24) is 15.1 Å². The Labute approximate surface area is 98.2 Å². The Hall–Kier alpha value is -1.27. The van der Waals surface area contributed by atoms with Gasteiger partial charge in [-0.2, -0.15) is 5.10 Å². The van der Waals surface area contributed by atoms with Crippen LogP contribution in [0.1, 0.15) is 43.8 Å². The molecule has 0 aliphatic carbocycles. The van der Waals surface area contributed by atoms with Crippen molar-refractivity contribution < 1.29 is 0 Å². The van der Waals surface area contributed by atoms with Crippen LogP contribution in [0.15, 0.2) is 0 Å². The zero-order chi connectivity index (χ0) is 12.5. The number of aromatic nitrogens is 2. The molecule has 1 heterocycles.